The molecule has 3 heteroatoms. The molecule has 1 rings (SSSR count). The second-order valence-corrected chi connectivity index (χ2v) is 4.10. The lowest BCUT2D eigenvalue weighted by Gasteiger charge is -2.12. The number of carbonyl (C=O) groups is 1. The Labute approximate surface area is 91.1 Å². The summed E-state index contributed by atoms with van der Waals surface area (Å²) >= 11 is 0. The molecule has 3 nitrogen and oxygen atoms in total. The van der Waals surface area contributed by atoms with Crippen molar-refractivity contribution >= 4 is 11.6 Å². The maximum absolute atomic E-state index is 11.5. The normalized spacial score (nSPS) is 10.5. The first kappa shape index (κ1) is 11.7. The summed E-state index contributed by atoms with van der Waals surface area (Å²) in [5, 5.41) is 2.90. The van der Waals surface area contributed by atoms with Gasteiger partial charge in [-0.2, -0.15) is 0 Å². The van der Waals surface area contributed by atoms with E-state index in [0.717, 1.165) is 16.8 Å². The number of hydrogen-bond acceptors (Lipinski definition) is 2. The van der Waals surface area contributed by atoms with E-state index in [4.69, 9.17) is 0 Å². The van der Waals surface area contributed by atoms with Crippen molar-refractivity contribution in [1.29, 1.82) is 0 Å². The predicted octanol–water partition coefficient (Wildman–Crippen LogP) is 1.80. The SMILES string of the molecule is Cc1ccc(C)c(NC(=O)CN(C)C)c1. The van der Waals surface area contributed by atoms with E-state index < -0.39 is 0 Å². The molecule has 1 amide bonds. The largest absolute Gasteiger partial charge is 0.325 e. The summed E-state index contributed by atoms with van der Waals surface area (Å²) < 4.78 is 0. The first-order valence-corrected chi connectivity index (χ1v) is 5.01. The molecule has 0 aliphatic rings. The number of anilines is 1. The van der Waals surface area contributed by atoms with Crippen LogP contribution in [0.2, 0.25) is 0 Å². The van der Waals surface area contributed by atoms with E-state index in [2.05, 4.69) is 5.32 Å². The smallest absolute Gasteiger partial charge is 0.238 e. The average Bonchev–Trinajstić information content (AvgIpc) is 2.10. The number of likely N-dealkylation sites (N-methyl/N-ethyl adjacent to an activating group) is 1. The molecule has 1 aromatic rings. The van der Waals surface area contributed by atoms with E-state index in [1.807, 2.05) is 51.0 Å². The Morgan fingerprint density at radius 2 is 2.00 bits per heavy atom. The molecular weight excluding hydrogens is 188 g/mol. The van der Waals surface area contributed by atoms with E-state index in [-0.39, 0.29) is 5.91 Å². The number of amides is 1. The summed E-state index contributed by atoms with van der Waals surface area (Å²) in [5.74, 6) is 0.0219. The number of hydrogen-bond donors (Lipinski definition) is 1. The van der Waals surface area contributed by atoms with Crippen molar-refractivity contribution in [2.75, 3.05) is 26.0 Å². The van der Waals surface area contributed by atoms with Crippen LogP contribution in [0.4, 0.5) is 5.69 Å². The molecule has 1 aromatic carbocycles. The van der Waals surface area contributed by atoms with E-state index in [0.29, 0.717) is 6.54 Å². The third-order valence-corrected chi connectivity index (χ3v) is 2.13. The van der Waals surface area contributed by atoms with Crippen molar-refractivity contribution in [2.45, 2.75) is 13.8 Å². The highest BCUT2D eigenvalue weighted by Crippen LogP contribution is 2.15. The van der Waals surface area contributed by atoms with Gasteiger partial charge in [0.05, 0.1) is 6.54 Å². The fourth-order valence-corrected chi connectivity index (χ4v) is 1.35. The molecule has 82 valence electrons. The number of benzene rings is 1. The van der Waals surface area contributed by atoms with Crippen molar-refractivity contribution in [1.82, 2.24) is 4.90 Å². The van der Waals surface area contributed by atoms with Gasteiger partial charge in [-0.25, -0.2) is 0 Å². The molecule has 0 unspecified atom stereocenters. The Morgan fingerprint density at radius 1 is 1.33 bits per heavy atom. The first-order chi connectivity index (χ1) is 6.99. The van der Waals surface area contributed by atoms with Crippen LogP contribution in [0.1, 0.15) is 11.1 Å². The molecule has 0 saturated heterocycles. The van der Waals surface area contributed by atoms with Crippen LogP contribution < -0.4 is 5.32 Å². The van der Waals surface area contributed by atoms with Crippen LogP contribution in [-0.4, -0.2) is 31.4 Å². The summed E-state index contributed by atoms with van der Waals surface area (Å²) in [6.45, 7) is 4.42. The summed E-state index contributed by atoms with van der Waals surface area (Å²) in [6, 6.07) is 6.04. The summed E-state index contributed by atoms with van der Waals surface area (Å²) in [4.78, 5) is 13.4. The highest BCUT2D eigenvalue weighted by atomic mass is 16.2. The maximum atomic E-state index is 11.5. The molecule has 0 heterocycles. The Kier molecular flexibility index (Phi) is 3.86. The minimum atomic E-state index is 0.0219. The molecule has 0 saturated carbocycles. The fourth-order valence-electron chi connectivity index (χ4n) is 1.35. The standard InChI is InChI=1S/C12H18N2O/c1-9-5-6-10(2)11(7-9)13-12(15)8-14(3)4/h5-7H,8H2,1-4H3,(H,13,15). The summed E-state index contributed by atoms with van der Waals surface area (Å²) in [5.41, 5.74) is 3.15. The first-order valence-electron chi connectivity index (χ1n) is 5.01. The topological polar surface area (TPSA) is 32.3 Å². The van der Waals surface area contributed by atoms with Crippen molar-refractivity contribution in [2.24, 2.45) is 0 Å². The van der Waals surface area contributed by atoms with Gasteiger partial charge < -0.3 is 10.2 Å². The van der Waals surface area contributed by atoms with Gasteiger partial charge in [0, 0.05) is 5.69 Å². The molecule has 0 aliphatic heterocycles. The zero-order valence-electron chi connectivity index (χ0n) is 9.79. The van der Waals surface area contributed by atoms with Crippen molar-refractivity contribution in [3.05, 3.63) is 29.3 Å². The van der Waals surface area contributed by atoms with Crippen LogP contribution in [0.25, 0.3) is 0 Å². The molecule has 0 radical (unpaired) electrons. The van der Waals surface area contributed by atoms with E-state index in [1.54, 1.807) is 0 Å². The number of aryl methyl sites for hydroxylation is 2. The lowest BCUT2D eigenvalue weighted by Crippen LogP contribution is -2.27. The van der Waals surface area contributed by atoms with Crippen LogP contribution in [0.15, 0.2) is 18.2 Å². The zero-order chi connectivity index (χ0) is 11.4. The van der Waals surface area contributed by atoms with E-state index >= 15 is 0 Å². The molecule has 1 N–H and O–H groups in total. The minimum absolute atomic E-state index is 0.0219. The molecule has 0 atom stereocenters. The zero-order valence-corrected chi connectivity index (χ0v) is 9.79. The third-order valence-electron chi connectivity index (χ3n) is 2.13. The van der Waals surface area contributed by atoms with Gasteiger partial charge in [-0.15, -0.1) is 0 Å². The van der Waals surface area contributed by atoms with Gasteiger partial charge in [0.1, 0.15) is 0 Å². The Hall–Kier alpha value is -1.35. The predicted molar refractivity (Wildman–Crippen MR) is 63.1 cm³/mol. The summed E-state index contributed by atoms with van der Waals surface area (Å²) in [6.07, 6.45) is 0. The van der Waals surface area contributed by atoms with Crippen LogP contribution in [0.5, 0.6) is 0 Å². The van der Waals surface area contributed by atoms with Crippen molar-refractivity contribution < 1.29 is 4.79 Å². The average molecular weight is 206 g/mol. The fraction of sp³-hybridized carbons (Fsp3) is 0.417. The Morgan fingerprint density at radius 3 is 2.60 bits per heavy atom. The third kappa shape index (κ3) is 3.72. The molecule has 0 bridgehead atoms. The quantitative estimate of drug-likeness (QED) is 0.818. The molecule has 0 fully saturated rings. The van der Waals surface area contributed by atoms with Gasteiger partial charge in [-0.3, -0.25) is 4.79 Å². The van der Waals surface area contributed by atoms with Crippen molar-refractivity contribution in [3.63, 3.8) is 0 Å². The van der Waals surface area contributed by atoms with Crippen LogP contribution >= 0.6 is 0 Å². The van der Waals surface area contributed by atoms with Gasteiger partial charge in [-0.1, -0.05) is 12.1 Å². The highest BCUT2D eigenvalue weighted by Gasteiger charge is 2.05. The molecule has 0 spiro atoms. The number of carbonyl (C=O) groups excluding carboxylic acids is 1. The highest BCUT2D eigenvalue weighted by molar-refractivity contribution is 5.93. The minimum Gasteiger partial charge on any atom is -0.325 e. The second-order valence-electron chi connectivity index (χ2n) is 4.10. The monoisotopic (exact) mass is 206 g/mol. The lowest BCUT2D eigenvalue weighted by atomic mass is 10.1. The van der Waals surface area contributed by atoms with E-state index in [1.165, 1.54) is 0 Å². The lowest BCUT2D eigenvalue weighted by molar-refractivity contribution is -0.116. The van der Waals surface area contributed by atoms with Gasteiger partial charge in [0.25, 0.3) is 0 Å². The second kappa shape index (κ2) is 4.94. The van der Waals surface area contributed by atoms with Gasteiger partial charge >= 0.3 is 0 Å². The molecule has 15 heavy (non-hydrogen) atoms. The van der Waals surface area contributed by atoms with Gasteiger partial charge in [-0.05, 0) is 45.1 Å². The number of rotatable bonds is 3. The van der Waals surface area contributed by atoms with Gasteiger partial charge in [0.15, 0.2) is 0 Å². The van der Waals surface area contributed by atoms with Crippen LogP contribution in [0.3, 0.4) is 0 Å². The Bertz CT molecular complexity index is 359. The van der Waals surface area contributed by atoms with Gasteiger partial charge in [0.2, 0.25) is 5.91 Å². The van der Waals surface area contributed by atoms with Crippen molar-refractivity contribution in [3.8, 4) is 0 Å². The molecule has 0 aromatic heterocycles. The molecule has 0 aliphatic carbocycles. The number of nitrogens with zero attached hydrogens (tertiary/aromatic N) is 1. The maximum Gasteiger partial charge on any atom is 0.238 e. The van der Waals surface area contributed by atoms with Crippen LogP contribution in [0, 0.1) is 13.8 Å². The van der Waals surface area contributed by atoms with E-state index in [9.17, 15) is 4.79 Å². The molecular formula is C12H18N2O. The number of nitrogens with one attached hydrogen (secondary N) is 1. The summed E-state index contributed by atoms with van der Waals surface area (Å²) in [7, 11) is 3.76. The van der Waals surface area contributed by atoms with Crippen LogP contribution in [-0.2, 0) is 4.79 Å². The Balaban J connectivity index is 2.71.